The molecular weight excluding hydrogens is 413 g/mol. The van der Waals surface area contributed by atoms with Crippen LogP contribution in [0, 0.1) is 22.7 Å². The Morgan fingerprint density at radius 3 is 2.38 bits per heavy atom. The number of nitrogens with zero attached hydrogens (tertiary/aromatic N) is 4. The average molecular weight is 426 g/mol. The third-order valence-corrected chi connectivity index (χ3v) is 4.43. The third-order valence-electron chi connectivity index (χ3n) is 3.84. The van der Waals surface area contributed by atoms with Gasteiger partial charge in [-0.1, -0.05) is 23.2 Å². The molecule has 1 heterocycles. The standard InChI is InChI=1S/C19H13Cl2N7O/c20-14-8-12(2-1-7-22)9-15(21)16(14)25-19-26-17(18(29)27-28-19)24-13-5-3-11(10-23)4-6-13/h3-6,8-9H,1-2H2,(H,27,29)(H2,24,25,26,28). The molecule has 8 nitrogen and oxygen atoms in total. The predicted octanol–water partition coefficient (Wildman–Crippen LogP) is 4.29. The van der Waals surface area contributed by atoms with Gasteiger partial charge in [0.2, 0.25) is 11.8 Å². The van der Waals surface area contributed by atoms with Gasteiger partial charge >= 0.3 is 5.56 Å². The number of hydrogen-bond acceptors (Lipinski definition) is 7. The summed E-state index contributed by atoms with van der Waals surface area (Å²) in [6.07, 6.45) is 0.886. The molecule has 2 aromatic carbocycles. The fourth-order valence-electron chi connectivity index (χ4n) is 2.45. The van der Waals surface area contributed by atoms with E-state index in [1.807, 2.05) is 6.07 Å². The van der Waals surface area contributed by atoms with E-state index in [2.05, 4.69) is 31.9 Å². The summed E-state index contributed by atoms with van der Waals surface area (Å²) in [5.74, 6) is 0.0828. The summed E-state index contributed by atoms with van der Waals surface area (Å²) >= 11 is 12.6. The number of aromatic amines is 1. The Morgan fingerprint density at radius 2 is 1.76 bits per heavy atom. The van der Waals surface area contributed by atoms with Gasteiger partial charge in [0.05, 0.1) is 33.4 Å². The molecule has 3 rings (SSSR count). The average Bonchev–Trinajstić information content (AvgIpc) is 2.72. The van der Waals surface area contributed by atoms with Crippen LogP contribution in [0.15, 0.2) is 41.2 Å². The van der Waals surface area contributed by atoms with Crippen molar-refractivity contribution in [2.24, 2.45) is 0 Å². The van der Waals surface area contributed by atoms with Crippen molar-refractivity contribution in [3.8, 4) is 12.1 Å². The van der Waals surface area contributed by atoms with Crippen molar-refractivity contribution >= 4 is 46.3 Å². The highest BCUT2D eigenvalue weighted by Crippen LogP contribution is 2.33. The van der Waals surface area contributed by atoms with Crippen molar-refractivity contribution < 1.29 is 0 Å². The number of halogens is 2. The molecule has 29 heavy (non-hydrogen) atoms. The number of nitrogens with one attached hydrogen (secondary N) is 3. The molecule has 0 saturated carbocycles. The normalized spacial score (nSPS) is 10.1. The van der Waals surface area contributed by atoms with Crippen LogP contribution in [-0.2, 0) is 6.42 Å². The number of benzene rings is 2. The first kappa shape index (κ1) is 20.2. The lowest BCUT2D eigenvalue weighted by Gasteiger charge is -2.12. The second kappa shape index (κ2) is 9.07. The topological polar surface area (TPSA) is 130 Å². The van der Waals surface area contributed by atoms with Crippen LogP contribution in [0.2, 0.25) is 10.0 Å². The molecule has 0 fully saturated rings. The fraction of sp³-hybridized carbons (Fsp3) is 0.105. The zero-order valence-electron chi connectivity index (χ0n) is 14.8. The van der Waals surface area contributed by atoms with Gasteiger partial charge in [0.15, 0.2) is 0 Å². The Labute approximate surface area is 175 Å². The largest absolute Gasteiger partial charge is 0.335 e. The Bertz CT molecular complexity index is 1150. The van der Waals surface area contributed by atoms with E-state index < -0.39 is 5.56 Å². The van der Waals surface area contributed by atoms with Gasteiger partial charge in [-0.15, -0.1) is 5.10 Å². The van der Waals surface area contributed by atoms with Gasteiger partial charge in [-0.25, -0.2) is 5.10 Å². The van der Waals surface area contributed by atoms with E-state index in [-0.39, 0.29) is 11.8 Å². The van der Waals surface area contributed by atoms with Gasteiger partial charge in [-0.05, 0) is 48.4 Å². The van der Waals surface area contributed by atoms with Gasteiger partial charge < -0.3 is 10.6 Å². The number of hydrogen-bond donors (Lipinski definition) is 3. The molecule has 0 unspecified atom stereocenters. The number of H-pyrrole nitrogens is 1. The highest BCUT2D eigenvalue weighted by molar-refractivity contribution is 6.39. The van der Waals surface area contributed by atoms with E-state index in [9.17, 15) is 4.79 Å². The zero-order chi connectivity index (χ0) is 20.8. The molecule has 0 saturated heterocycles. The van der Waals surface area contributed by atoms with E-state index in [0.29, 0.717) is 39.8 Å². The summed E-state index contributed by atoms with van der Waals surface area (Å²) in [4.78, 5) is 16.2. The summed E-state index contributed by atoms with van der Waals surface area (Å²) in [6.45, 7) is 0. The molecule has 0 atom stereocenters. The molecule has 0 amide bonds. The summed E-state index contributed by atoms with van der Waals surface area (Å²) in [7, 11) is 0. The number of nitriles is 2. The van der Waals surface area contributed by atoms with Gasteiger partial charge in [-0.3, -0.25) is 4.79 Å². The van der Waals surface area contributed by atoms with Gasteiger partial charge in [-0.2, -0.15) is 15.5 Å². The first-order valence-corrected chi connectivity index (χ1v) is 9.11. The van der Waals surface area contributed by atoms with Gasteiger partial charge in [0.1, 0.15) is 0 Å². The first-order valence-electron chi connectivity index (χ1n) is 8.36. The summed E-state index contributed by atoms with van der Waals surface area (Å²) in [6, 6.07) is 14.0. The minimum absolute atomic E-state index is 0.00472. The number of anilines is 4. The quantitative estimate of drug-likeness (QED) is 0.536. The van der Waals surface area contributed by atoms with Crippen LogP contribution in [-0.4, -0.2) is 15.2 Å². The van der Waals surface area contributed by atoms with Crippen molar-refractivity contribution in [3.63, 3.8) is 0 Å². The smallest absolute Gasteiger partial charge is 0.307 e. The van der Waals surface area contributed by atoms with Crippen LogP contribution < -0.4 is 16.2 Å². The number of aryl methyl sites for hydroxylation is 1. The van der Waals surface area contributed by atoms with E-state index >= 15 is 0 Å². The van der Waals surface area contributed by atoms with E-state index in [4.69, 9.17) is 33.7 Å². The molecule has 10 heteroatoms. The summed E-state index contributed by atoms with van der Waals surface area (Å²) in [5, 5.41) is 30.2. The van der Waals surface area contributed by atoms with Gasteiger partial charge in [0, 0.05) is 12.1 Å². The Kier molecular flexibility index (Phi) is 6.30. The molecule has 0 aliphatic heterocycles. The lowest BCUT2D eigenvalue weighted by molar-refractivity contribution is 0.945. The van der Waals surface area contributed by atoms with E-state index in [1.54, 1.807) is 36.4 Å². The SMILES string of the molecule is N#CCCc1cc(Cl)c(Nc2n[nH]c(=O)c(Nc3ccc(C#N)cc3)n2)c(Cl)c1. The molecule has 3 N–H and O–H groups in total. The van der Waals surface area contributed by atoms with Crippen LogP contribution in [0.25, 0.3) is 0 Å². The number of rotatable bonds is 6. The predicted molar refractivity (Wildman–Crippen MR) is 111 cm³/mol. The molecule has 0 aliphatic carbocycles. The van der Waals surface area contributed by atoms with Crippen molar-refractivity contribution in [2.45, 2.75) is 12.8 Å². The van der Waals surface area contributed by atoms with Crippen molar-refractivity contribution in [1.82, 2.24) is 15.2 Å². The van der Waals surface area contributed by atoms with E-state index in [1.165, 1.54) is 0 Å². The minimum Gasteiger partial charge on any atom is -0.335 e. The minimum atomic E-state index is -0.524. The Hall–Kier alpha value is -3.59. The lowest BCUT2D eigenvalue weighted by atomic mass is 10.1. The molecule has 0 radical (unpaired) electrons. The van der Waals surface area contributed by atoms with Crippen LogP contribution in [0.1, 0.15) is 17.5 Å². The molecule has 144 valence electrons. The van der Waals surface area contributed by atoms with Gasteiger partial charge in [0.25, 0.3) is 0 Å². The molecular formula is C19H13Cl2N7O. The molecule has 0 aliphatic rings. The summed E-state index contributed by atoms with van der Waals surface area (Å²) in [5.41, 5.74) is 1.76. The molecule has 0 bridgehead atoms. The van der Waals surface area contributed by atoms with Crippen LogP contribution >= 0.6 is 23.2 Å². The lowest BCUT2D eigenvalue weighted by Crippen LogP contribution is -2.17. The molecule has 1 aromatic heterocycles. The third kappa shape index (κ3) is 5.02. The maximum atomic E-state index is 12.0. The van der Waals surface area contributed by atoms with Crippen LogP contribution in [0.4, 0.5) is 23.1 Å². The van der Waals surface area contributed by atoms with Crippen molar-refractivity contribution in [1.29, 1.82) is 10.5 Å². The highest BCUT2D eigenvalue weighted by atomic mass is 35.5. The van der Waals surface area contributed by atoms with Crippen molar-refractivity contribution in [2.75, 3.05) is 10.6 Å². The fourth-order valence-corrected chi connectivity index (χ4v) is 3.07. The van der Waals surface area contributed by atoms with Crippen LogP contribution in [0.5, 0.6) is 0 Å². The van der Waals surface area contributed by atoms with Crippen molar-refractivity contribution in [3.05, 3.63) is 67.9 Å². The molecule has 3 aromatic rings. The Morgan fingerprint density at radius 1 is 1.07 bits per heavy atom. The zero-order valence-corrected chi connectivity index (χ0v) is 16.3. The maximum absolute atomic E-state index is 12.0. The first-order chi connectivity index (χ1) is 14.0. The Balaban J connectivity index is 1.84. The van der Waals surface area contributed by atoms with E-state index in [0.717, 1.165) is 5.56 Å². The highest BCUT2D eigenvalue weighted by Gasteiger charge is 2.12. The second-order valence-electron chi connectivity index (χ2n) is 5.87. The summed E-state index contributed by atoms with van der Waals surface area (Å²) < 4.78 is 0. The van der Waals surface area contributed by atoms with Crippen LogP contribution in [0.3, 0.4) is 0 Å². The number of aromatic nitrogens is 3. The maximum Gasteiger partial charge on any atom is 0.307 e. The second-order valence-corrected chi connectivity index (χ2v) is 6.68. The molecule has 0 spiro atoms. The monoisotopic (exact) mass is 425 g/mol.